The zero-order chi connectivity index (χ0) is 12.3. The minimum Gasteiger partial charge on any atom is -0.424 e. The molecule has 2 saturated heterocycles. The first kappa shape index (κ1) is 11.0. The van der Waals surface area contributed by atoms with Gasteiger partial charge in [-0.05, 0) is 19.3 Å². The van der Waals surface area contributed by atoms with Crippen LogP contribution in [0.2, 0.25) is 0 Å². The maximum Gasteiger partial charge on any atom is 0.391 e. The molecule has 1 aliphatic carbocycles. The first-order valence-corrected chi connectivity index (χ1v) is 5.54. The zero-order valence-corrected chi connectivity index (χ0v) is 9.21. The normalized spacial score (nSPS) is 36.7. The second-order valence-corrected chi connectivity index (χ2v) is 4.93. The molecule has 4 nitrogen and oxygen atoms in total. The topological polar surface area (TPSA) is 51.0 Å². The molecule has 7 heteroatoms. The number of hydrogen-bond acceptors (Lipinski definition) is 4. The van der Waals surface area contributed by atoms with Crippen LogP contribution >= 0.6 is 0 Å². The van der Waals surface area contributed by atoms with Crippen LogP contribution in [0.15, 0.2) is 4.42 Å². The van der Waals surface area contributed by atoms with Crippen molar-refractivity contribution in [3.63, 3.8) is 0 Å². The lowest BCUT2D eigenvalue weighted by Crippen LogP contribution is -2.67. The van der Waals surface area contributed by atoms with Gasteiger partial charge in [-0.15, -0.1) is 10.2 Å². The molecule has 3 aliphatic rings. The first-order valence-electron chi connectivity index (χ1n) is 5.54. The number of rotatable bonds is 1. The summed E-state index contributed by atoms with van der Waals surface area (Å²) in [7, 11) is 0. The molecule has 3 fully saturated rings. The molecule has 4 rings (SSSR count). The van der Waals surface area contributed by atoms with E-state index in [-0.39, 0.29) is 18.9 Å². The van der Waals surface area contributed by atoms with Crippen molar-refractivity contribution < 1.29 is 17.6 Å². The average molecular weight is 247 g/mol. The first-order chi connectivity index (χ1) is 7.89. The summed E-state index contributed by atoms with van der Waals surface area (Å²) in [5, 5.41) is 10.7. The number of piperidine rings is 1. The molecule has 2 bridgehead atoms. The highest BCUT2D eigenvalue weighted by molar-refractivity contribution is 5.16. The number of nitrogens with one attached hydrogen (secondary N) is 1. The van der Waals surface area contributed by atoms with E-state index in [2.05, 4.69) is 15.5 Å². The van der Waals surface area contributed by atoms with Crippen molar-refractivity contribution in [3.8, 4) is 0 Å². The van der Waals surface area contributed by atoms with Gasteiger partial charge in [0.15, 0.2) is 0 Å². The fraction of sp³-hybridized carbons (Fsp3) is 0.800. The van der Waals surface area contributed by atoms with Crippen molar-refractivity contribution in [2.24, 2.45) is 5.92 Å². The molecule has 0 spiro atoms. The summed E-state index contributed by atoms with van der Waals surface area (Å²) in [6.45, 7) is 1.63. The molecule has 3 unspecified atom stereocenters. The van der Waals surface area contributed by atoms with Crippen LogP contribution in [0.4, 0.5) is 13.2 Å². The van der Waals surface area contributed by atoms with Gasteiger partial charge in [-0.25, -0.2) is 0 Å². The van der Waals surface area contributed by atoms with Crippen molar-refractivity contribution in [1.82, 2.24) is 15.5 Å². The Morgan fingerprint density at radius 1 is 1.35 bits per heavy atom. The third-order valence-corrected chi connectivity index (χ3v) is 3.64. The molecule has 1 saturated carbocycles. The van der Waals surface area contributed by atoms with Crippen LogP contribution in [0.25, 0.3) is 0 Å². The summed E-state index contributed by atoms with van der Waals surface area (Å²) in [6, 6.07) is -0.0809. The van der Waals surface area contributed by atoms with E-state index < -0.39 is 17.6 Å². The highest BCUT2D eigenvalue weighted by atomic mass is 19.4. The lowest BCUT2D eigenvalue weighted by molar-refractivity contribution is -0.206. The maximum atomic E-state index is 12.7. The van der Waals surface area contributed by atoms with E-state index in [1.807, 2.05) is 0 Å². The molecule has 0 radical (unpaired) electrons. The lowest BCUT2D eigenvalue weighted by Gasteiger charge is -2.54. The summed E-state index contributed by atoms with van der Waals surface area (Å²) < 4.78 is 43.5. The Kier molecular flexibility index (Phi) is 2.08. The van der Waals surface area contributed by atoms with E-state index in [1.165, 1.54) is 0 Å². The summed E-state index contributed by atoms with van der Waals surface area (Å²) in [5.74, 6) is -0.594. The van der Waals surface area contributed by atoms with Gasteiger partial charge in [0.05, 0.1) is 11.5 Å². The van der Waals surface area contributed by atoms with Crippen LogP contribution in [0.5, 0.6) is 0 Å². The summed E-state index contributed by atoms with van der Waals surface area (Å²) in [5.41, 5.74) is -0.746. The number of nitrogens with zero attached hydrogens (tertiary/aromatic N) is 2. The van der Waals surface area contributed by atoms with Gasteiger partial charge in [0, 0.05) is 13.0 Å². The van der Waals surface area contributed by atoms with Gasteiger partial charge in [-0.2, -0.15) is 13.2 Å². The predicted octanol–water partition coefficient (Wildman–Crippen LogP) is 1.91. The van der Waals surface area contributed by atoms with Crippen molar-refractivity contribution in [3.05, 3.63) is 11.8 Å². The largest absolute Gasteiger partial charge is 0.424 e. The van der Waals surface area contributed by atoms with E-state index in [0.717, 1.165) is 0 Å². The van der Waals surface area contributed by atoms with Crippen molar-refractivity contribution in [1.29, 1.82) is 0 Å². The summed E-state index contributed by atoms with van der Waals surface area (Å²) >= 11 is 0. The number of fused-ring (bicyclic) bond motifs is 2. The summed E-state index contributed by atoms with van der Waals surface area (Å²) in [6.07, 6.45) is -3.34. The van der Waals surface area contributed by atoms with Gasteiger partial charge in [0.25, 0.3) is 0 Å². The number of halogens is 3. The van der Waals surface area contributed by atoms with Crippen LogP contribution in [0.1, 0.15) is 31.0 Å². The molecule has 0 amide bonds. The second-order valence-electron chi connectivity index (χ2n) is 4.93. The van der Waals surface area contributed by atoms with Crippen LogP contribution in [-0.4, -0.2) is 22.4 Å². The number of aromatic nitrogens is 2. The van der Waals surface area contributed by atoms with Gasteiger partial charge in [-0.1, -0.05) is 0 Å². The third-order valence-electron chi connectivity index (χ3n) is 3.64. The van der Waals surface area contributed by atoms with Crippen LogP contribution < -0.4 is 5.32 Å². The highest BCUT2D eigenvalue weighted by Gasteiger charge is 2.59. The Morgan fingerprint density at radius 2 is 2.06 bits per heavy atom. The Bertz CT molecular complexity index is 436. The monoisotopic (exact) mass is 247 g/mol. The number of hydrogen-bond donors (Lipinski definition) is 1. The molecule has 94 valence electrons. The fourth-order valence-electron chi connectivity index (χ4n) is 2.90. The third kappa shape index (κ3) is 1.64. The number of alkyl halides is 3. The molecule has 3 heterocycles. The van der Waals surface area contributed by atoms with E-state index in [1.54, 1.807) is 6.92 Å². The Balaban J connectivity index is 1.86. The van der Waals surface area contributed by atoms with Gasteiger partial charge < -0.3 is 9.73 Å². The molecule has 0 aromatic carbocycles. The van der Waals surface area contributed by atoms with Gasteiger partial charge in [0.2, 0.25) is 11.8 Å². The van der Waals surface area contributed by atoms with E-state index >= 15 is 0 Å². The number of aryl methyl sites for hydroxylation is 1. The van der Waals surface area contributed by atoms with Crippen molar-refractivity contribution in [2.75, 3.05) is 0 Å². The molecule has 1 N–H and O–H groups in total. The zero-order valence-electron chi connectivity index (χ0n) is 9.21. The lowest BCUT2D eigenvalue weighted by atomic mass is 9.65. The average Bonchev–Trinajstić information content (AvgIpc) is 2.62. The quantitative estimate of drug-likeness (QED) is 0.823. The van der Waals surface area contributed by atoms with Crippen LogP contribution in [0, 0.1) is 12.8 Å². The minimum absolute atomic E-state index is 0.00532. The van der Waals surface area contributed by atoms with E-state index in [0.29, 0.717) is 18.2 Å². The van der Waals surface area contributed by atoms with Crippen LogP contribution in [-0.2, 0) is 5.54 Å². The van der Waals surface area contributed by atoms with Crippen molar-refractivity contribution in [2.45, 2.75) is 43.9 Å². The molecule has 1 aromatic heterocycles. The van der Waals surface area contributed by atoms with Gasteiger partial charge >= 0.3 is 6.18 Å². The molecule has 17 heavy (non-hydrogen) atoms. The minimum atomic E-state index is -4.14. The Morgan fingerprint density at radius 3 is 2.59 bits per heavy atom. The molecular formula is C10H12F3N3O. The van der Waals surface area contributed by atoms with Gasteiger partial charge in [-0.3, -0.25) is 0 Å². The van der Waals surface area contributed by atoms with E-state index in [9.17, 15) is 13.2 Å². The maximum absolute atomic E-state index is 12.7. The van der Waals surface area contributed by atoms with Crippen LogP contribution in [0.3, 0.4) is 0 Å². The molecule has 2 aliphatic heterocycles. The molecule has 3 atom stereocenters. The predicted molar refractivity (Wildman–Crippen MR) is 51.0 cm³/mol. The van der Waals surface area contributed by atoms with Crippen molar-refractivity contribution >= 4 is 0 Å². The second kappa shape index (κ2) is 3.22. The molecule has 1 aromatic rings. The Hall–Kier alpha value is -1.11. The summed E-state index contributed by atoms with van der Waals surface area (Å²) in [4.78, 5) is 0. The highest BCUT2D eigenvalue weighted by Crippen LogP contribution is 2.51. The SMILES string of the molecule is Cc1nnc(C23CC(CC(C(F)(F)F)C2)N3)o1. The van der Waals surface area contributed by atoms with Gasteiger partial charge in [0.1, 0.15) is 0 Å². The van der Waals surface area contributed by atoms with E-state index in [4.69, 9.17) is 4.42 Å². The standard InChI is InChI=1S/C10H12F3N3O/c1-5-15-16-8(17-5)9-3-6(10(11,12)13)2-7(4-9)14-9/h6-7,14H,2-4H2,1H3. The fourth-order valence-corrected chi connectivity index (χ4v) is 2.90. The smallest absolute Gasteiger partial charge is 0.391 e. The molecular weight excluding hydrogens is 235 g/mol. The Labute approximate surface area is 95.6 Å².